The van der Waals surface area contributed by atoms with Crippen molar-refractivity contribution in [2.75, 3.05) is 13.2 Å². The normalized spacial score (nSPS) is 22.7. The van der Waals surface area contributed by atoms with Gasteiger partial charge in [0, 0.05) is 18.7 Å². The van der Waals surface area contributed by atoms with Crippen molar-refractivity contribution in [2.24, 2.45) is 0 Å². The predicted molar refractivity (Wildman–Crippen MR) is 92.5 cm³/mol. The molecule has 1 aromatic heterocycles. The van der Waals surface area contributed by atoms with Crippen molar-refractivity contribution in [2.45, 2.75) is 25.0 Å². The SMILES string of the molecule is O=C(C1=C(O)C(=O)N(C[C@@H]2CCCO2)[C@@H]1c1ccccc1F)c1ccco1. The molecule has 0 aliphatic carbocycles. The molecule has 1 saturated heterocycles. The third-order valence-electron chi connectivity index (χ3n) is 4.92. The Labute approximate surface area is 154 Å². The van der Waals surface area contributed by atoms with Crippen LogP contribution in [0.4, 0.5) is 4.39 Å². The zero-order valence-corrected chi connectivity index (χ0v) is 14.4. The fraction of sp³-hybridized carbons (Fsp3) is 0.300. The van der Waals surface area contributed by atoms with Gasteiger partial charge in [0.05, 0.1) is 24.0 Å². The molecule has 1 aromatic carbocycles. The summed E-state index contributed by atoms with van der Waals surface area (Å²) in [6, 6.07) is 7.84. The smallest absolute Gasteiger partial charge is 0.290 e. The molecular weight excluding hydrogens is 353 g/mol. The lowest BCUT2D eigenvalue weighted by molar-refractivity contribution is -0.131. The molecule has 2 atom stereocenters. The van der Waals surface area contributed by atoms with Gasteiger partial charge in [0.1, 0.15) is 5.82 Å². The minimum absolute atomic E-state index is 0.0235. The molecular formula is C20H18FNO5. The number of nitrogens with zero attached hydrogens (tertiary/aromatic N) is 1. The number of Topliss-reactive ketones (excluding diaryl/α,β-unsaturated/α-hetero) is 1. The average Bonchev–Trinajstić information content (AvgIpc) is 3.40. The number of benzene rings is 1. The molecule has 2 aromatic rings. The van der Waals surface area contributed by atoms with E-state index in [-0.39, 0.29) is 29.5 Å². The number of carbonyl (C=O) groups excluding carboxylic acids is 2. The Hall–Kier alpha value is -2.93. The van der Waals surface area contributed by atoms with E-state index in [1.165, 1.54) is 41.5 Å². The largest absolute Gasteiger partial charge is 0.503 e. The van der Waals surface area contributed by atoms with Crippen molar-refractivity contribution in [1.82, 2.24) is 4.90 Å². The summed E-state index contributed by atoms with van der Waals surface area (Å²) in [7, 11) is 0. The van der Waals surface area contributed by atoms with Gasteiger partial charge in [-0.05, 0) is 31.0 Å². The maximum Gasteiger partial charge on any atom is 0.290 e. The molecule has 1 amide bonds. The molecule has 6 nitrogen and oxygen atoms in total. The quantitative estimate of drug-likeness (QED) is 0.817. The van der Waals surface area contributed by atoms with Crippen LogP contribution < -0.4 is 0 Å². The molecule has 1 fully saturated rings. The Kier molecular flexibility index (Phi) is 4.53. The van der Waals surface area contributed by atoms with Crippen LogP contribution in [0.15, 0.2) is 58.4 Å². The first-order valence-electron chi connectivity index (χ1n) is 8.76. The number of hydrogen-bond acceptors (Lipinski definition) is 5. The summed E-state index contributed by atoms with van der Waals surface area (Å²) >= 11 is 0. The molecule has 3 heterocycles. The fourth-order valence-electron chi connectivity index (χ4n) is 3.64. The van der Waals surface area contributed by atoms with E-state index in [4.69, 9.17) is 9.15 Å². The van der Waals surface area contributed by atoms with Gasteiger partial charge in [-0.15, -0.1) is 0 Å². The first-order chi connectivity index (χ1) is 13.1. The molecule has 0 spiro atoms. The molecule has 2 aliphatic heterocycles. The van der Waals surface area contributed by atoms with E-state index in [9.17, 15) is 19.1 Å². The number of carbonyl (C=O) groups is 2. The van der Waals surface area contributed by atoms with Crippen molar-refractivity contribution in [3.05, 3.63) is 71.1 Å². The van der Waals surface area contributed by atoms with Gasteiger partial charge in [0.25, 0.3) is 5.91 Å². The molecule has 0 bridgehead atoms. The Morgan fingerprint density at radius 2 is 2.07 bits per heavy atom. The molecule has 27 heavy (non-hydrogen) atoms. The molecule has 0 saturated carbocycles. The summed E-state index contributed by atoms with van der Waals surface area (Å²) in [5.74, 6) is -2.62. The number of halogens is 1. The fourth-order valence-corrected chi connectivity index (χ4v) is 3.64. The molecule has 4 rings (SSSR count). The second kappa shape index (κ2) is 7.00. The van der Waals surface area contributed by atoms with Gasteiger partial charge in [0.15, 0.2) is 11.5 Å². The first-order valence-corrected chi connectivity index (χ1v) is 8.76. The Bertz CT molecular complexity index is 899. The monoisotopic (exact) mass is 371 g/mol. The highest BCUT2D eigenvalue weighted by atomic mass is 19.1. The number of ketones is 1. The van der Waals surface area contributed by atoms with Gasteiger partial charge in [-0.2, -0.15) is 0 Å². The lowest BCUT2D eigenvalue weighted by Crippen LogP contribution is -2.37. The van der Waals surface area contributed by atoms with Crippen molar-refractivity contribution in [3.8, 4) is 0 Å². The van der Waals surface area contributed by atoms with E-state index in [0.717, 1.165) is 12.8 Å². The van der Waals surface area contributed by atoms with Gasteiger partial charge in [-0.3, -0.25) is 9.59 Å². The molecule has 0 unspecified atom stereocenters. The van der Waals surface area contributed by atoms with E-state index in [2.05, 4.69) is 0 Å². The lowest BCUT2D eigenvalue weighted by atomic mass is 9.94. The van der Waals surface area contributed by atoms with E-state index in [1.54, 1.807) is 6.07 Å². The summed E-state index contributed by atoms with van der Waals surface area (Å²) in [6.07, 6.45) is 2.74. The summed E-state index contributed by atoms with van der Waals surface area (Å²) in [5, 5.41) is 10.5. The van der Waals surface area contributed by atoms with Crippen LogP contribution in [0.3, 0.4) is 0 Å². The summed E-state index contributed by atoms with van der Waals surface area (Å²) in [4.78, 5) is 26.9. The third-order valence-corrected chi connectivity index (χ3v) is 4.92. The van der Waals surface area contributed by atoms with Crippen LogP contribution in [0, 0.1) is 5.82 Å². The highest BCUT2D eigenvalue weighted by Crippen LogP contribution is 2.40. The first kappa shape index (κ1) is 17.5. The van der Waals surface area contributed by atoms with Crippen molar-refractivity contribution < 1.29 is 28.2 Å². The third kappa shape index (κ3) is 3.04. The number of aliphatic hydroxyl groups excluding tert-OH is 1. The number of amides is 1. The van der Waals surface area contributed by atoms with Crippen molar-refractivity contribution in [1.29, 1.82) is 0 Å². The number of hydrogen-bond donors (Lipinski definition) is 1. The number of aliphatic hydroxyl groups is 1. The van der Waals surface area contributed by atoms with Crippen LogP contribution in [0.5, 0.6) is 0 Å². The standard InChI is InChI=1S/C20H18FNO5/c21-14-7-2-1-6-13(14)17-16(18(23)15-8-4-10-27-15)19(24)20(25)22(17)11-12-5-3-9-26-12/h1-2,4,6-8,10,12,17,24H,3,5,9,11H2/t12-,17+/m0/s1. The predicted octanol–water partition coefficient (Wildman–Crippen LogP) is 3.18. The van der Waals surface area contributed by atoms with Crippen LogP contribution in [0.1, 0.15) is 35.0 Å². The van der Waals surface area contributed by atoms with Gasteiger partial charge in [-0.25, -0.2) is 4.39 Å². The van der Waals surface area contributed by atoms with Crippen LogP contribution in [-0.2, 0) is 9.53 Å². The molecule has 1 N–H and O–H groups in total. The summed E-state index contributed by atoms with van der Waals surface area (Å²) in [6.45, 7) is 0.755. The van der Waals surface area contributed by atoms with Crippen LogP contribution in [0.2, 0.25) is 0 Å². The topological polar surface area (TPSA) is 80.0 Å². The van der Waals surface area contributed by atoms with E-state index in [0.29, 0.717) is 6.61 Å². The van der Waals surface area contributed by atoms with Gasteiger partial charge in [0.2, 0.25) is 5.78 Å². The molecule has 0 radical (unpaired) electrons. The maximum atomic E-state index is 14.6. The second-order valence-electron chi connectivity index (χ2n) is 6.59. The number of ether oxygens (including phenoxy) is 1. The summed E-state index contributed by atoms with van der Waals surface area (Å²) < 4.78 is 25.3. The minimum Gasteiger partial charge on any atom is -0.503 e. The highest BCUT2D eigenvalue weighted by molar-refractivity contribution is 6.15. The second-order valence-corrected chi connectivity index (χ2v) is 6.59. The van der Waals surface area contributed by atoms with Gasteiger partial charge < -0.3 is 19.2 Å². The van der Waals surface area contributed by atoms with Crippen LogP contribution in [0.25, 0.3) is 0 Å². The molecule has 2 aliphatic rings. The van der Waals surface area contributed by atoms with Crippen molar-refractivity contribution in [3.63, 3.8) is 0 Å². The van der Waals surface area contributed by atoms with E-state index in [1.807, 2.05) is 0 Å². The Morgan fingerprint density at radius 1 is 1.26 bits per heavy atom. The molecule has 140 valence electrons. The van der Waals surface area contributed by atoms with E-state index >= 15 is 0 Å². The highest BCUT2D eigenvalue weighted by Gasteiger charge is 2.46. The maximum absolute atomic E-state index is 14.6. The van der Waals surface area contributed by atoms with Gasteiger partial charge >= 0.3 is 0 Å². The van der Waals surface area contributed by atoms with Crippen LogP contribution in [-0.4, -0.2) is 41.0 Å². The Morgan fingerprint density at radius 3 is 2.74 bits per heavy atom. The molecule has 7 heteroatoms. The van der Waals surface area contributed by atoms with Gasteiger partial charge in [-0.1, -0.05) is 18.2 Å². The summed E-state index contributed by atoms with van der Waals surface area (Å²) in [5.41, 5.74) is -0.0409. The van der Waals surface area contributed by atoms with Crippen LogP contribution >= 0.6 is 0 Å². The minimum atomic E-state index is -1.04. The van der Waals surface area contributed by atoms with Crippen molar-refractivity contribution >= 4 is 11.7 Å². The Balaban J connectivity index is 1.78. The zero-order valence-electron chi connectivity index (χ0n) is 14.4. The zero-order chi connectivity index (χ0) is 19.0. The number of rotatable bonds is 5. The van der Waals surface area contributed by atoms with E-state index < -0.39 is 29.3 Å². The number of furan rings is 1. The average molecular weight is 371 g/mol. The lowest BCUT2D eigenvalue weighted by Gasteiger charge is -2.28.